The fourth-order valence-electron chi connectivity index (χ4n) is 3.90. The molecule has 0 N–H and O–H groups in total. The number of hydrogen-bond donors (Lipinski definition) is 0. The minimum absolute atomic E-state index is 0. The van der Waals surface area contributed by atoms with Crippen LogP contribution in [0.25, 0.3) is 0 Å². The van der Waals surface area contributed by atoms with Crippen LogP contribution in [0, 0.1) is 13.8 Å². The summed E-state index contributed by atoms with van der Waals surface area (Å²) in [5.41, 5.74) is 5.67. The molecule has 0 aliphatic heterocycles. The molecule has 2 aromatic heterocycles. The highest BCUT2D eigenvalue weighted by Crippen LogP contribution is 2.13. The lowest BCUT2D eigenvalue weighted by Crippen LogP contribution is -3.00. The number of aromatic nitrogens is 2. The molecule has 0 saturated heterocycles. The van der Waals surface area contributed by atoms with Gasteiger partial charge < -0.3 is 34.0 Å². The van der Waals surface area contributed by atoms with Crippen molar-refractivity contribution in [3.05, 3.63) is 95.6 Å². The van der Waals surface area contributed by atoms with Crippen molar-refractivity contribution >= 4 is 0 Å². The van der Waals surface area contributed by atoms with Gasteiger partial charge in [0.05, 0.1) is 0 Å². The third kappa shape index (κ3) is 10.9. The van der Waals surface area contributed by atoms with Crippen molar-refractivity contribution in [3.8, 4) is 0 Å². The maximum Gasteiger partial charge on any atom is 0.169 e. The quantitative estimate of drug-likeness (QED) is 0.212. The average Bonchev–Trinajstić information content (AvgIpc) is 2.76. The number of halogens is 2. The summed E-state index contributed by atoms with van der Waals surface area (Å²) >= 11 is 0. The van der Waals surface area contributed by atoms with Crippen LogP contribution in [0.3, 0.4) is 0 Å². The number of rotatable bonds is 12. The second kappa shape index (κ2) is 16.1. The molecule has 0 atom stereocenters. The zero-order valence-corrected chi connectivity index (χ0v) is 22.8. The molecule has 1 aromatic carbocycles. The monoisotopic (exact) mass is 560 g/mol. The Balaban J connectivity index is 0.00000256. The number of hydrogen-bond acceptors (Lipinski definition) is 0. The van der Waals surface area contributed by atoms with E-state index in [1.807, 2.05) is 0 Å². The second-order valence-corrected chi connectivity index (χ2v) is 8.67. The van der Waals surface area contributed by atoms with Crippen LogP contribution >= 0.6 is 0 Å². The Morgan fingerprint density at radius 2 is 0.938 bits per heavy atom. The molecule has 2 nitrogen and oxygen atoms in total. The van der Waals surface area contributed by atoms with Crippen molar-refractivity contribution in [3.63, 3.8) is 0 Å². The summed E-state index contributed by atoms with van der Waals surface area (Å²) in [7, 11) is 0. The summed E-state index contributed by atoms with van der Waals surface area (Å²) in [6.07, 6.45) is 18.8. The Morgan fingerprint density at radius 1 is 0.531 bits per heavy atom. The molecule has 0 aliphatic carbocycles. The first-order valence-electron chi connectivity index (χ1n) is 11.7. The highest BCUT2D eigenvalue weighted by molar-refractivity contribution is 5.23. The fourth-order valence-corrected chi connectivity index (χ4v) is 3.90. The third-order valence-electron chi connectivity index (χ3n) is 5.87. The predicted molar refractivity (Wildman–Crippen MR) is 124 cm³/mol. The van der Waals surface area contributed by atoms with Crippen LogP contribution in [-0.2, 0) is 25.9 Å². The molecule has 0 aliphatic rings. The number of pyridine rings is 2. The highest BCUT2D eigenvalue weighted by atomic mass is 79.9. The lowest BCUT2D eigenvalue weighted by Gasteiger charge is -2.06. The van der Waals surface area contributed by atoms with Gasteiger partial charge in [-0.05, 0) is 74.6 Å². The molecule has 0 unspecified atom stereocenters. The summed E-state index contributed by atoms with van der Waals surface area (Å²) in [6, 6.07) is 18.0. The van der Waals surface area contributed by atoms with Gasteiger partial charge in [-0.15, -0.1) is 0 Å². The van der Waals surface area contributed by atoms with E-state index in [1.54, 1.807) is 0 Å². The zero-order valence-electron chi connectivity index (χ0n) is 19.6. The van der Waals surface area contributed by atoms with Crippen LogP contribution in [0.2, 0.25) is 0 Å². The Kier molecular flexibility index (Phi) is 14.4. The molecular formula is C28H38Br2N2. The second-order valence-electron chi connectivity index (χ2n) is 8.67. The van der Waals surface area contributed by atoms with Gasteiger partial charge in [-0.3, -0.25) is 0 Å². The summed E-state index contributed by atoms with van der Waals surface area (Å²) < 4.78 is 4.59. The Bertz CT molecular complexity index is 806. The van der Waals surface area contributed by atoms with Gasteiger partial charge in [-0.25, -0.2) is 9.13 Å². The summed E-state index contributed by atoms with van der Waals surface area (Å²) in [6.45, 7) is 6.54. The van der Waals surface area contributed by atoms with E-state index in [4.69, 9.17) is 0 Å². The Morgan fingerprint density at radius 3 is 1.34 bits per heavy atom. The van der Waals surface area contributed by atoms with Gasteiger partial charge in [-0.2, -0.15) is 0 Å². The number of aryl methyl sites for hydroxylation is 6. The summed E-state index contributed by atoms with van der Waals surface area (Å²) in [5.74, 6) is 0. The molecule has 0 saturated carbocycles. The van der Waals surface area contributed by atoms with E-state index in [0.717, 1.165) is 13.1 Å². The highest BCUT2D eigenvalue weighted by Gasteiger charge is 2.02. The van der Waals surface area contributed by atoms with Gasteiger partial charge in [0.25, 0.3) is 0 Å². The molecule has 2 heterocycles. The van der Waals surface area contributed by atoms with E-state index < -0.39 is 0 Å². The van der Waals surface area contributed by atoms with Crippen LogP contribution in [0.5, 0.6) is 0 Å². The molecule has 0 amide bonds. The van der Waals surface area contributed by atoms with Crippen LogP contribution in [0.4, 0.5) is 0 Å². The van der Waals surface area contributed by atoms with Gasteiger partial charge in [-0.1, -0.05) is 24.3 Å². The first kappa shape index (κ1) is 28.5. The molecule has 4 heteroatoms. The van der Waals surface area contributed by atoms with E-state index in [0.29, 0.717) is 0 Å². The first-order chi connectivity index (χ1) is 14.7. The van der Waals surface area contributed by atoms with E-state index in [2.05, 4.69) is 96.3 Å². The maximum atomic E-state index is 2.43. The SMILES string of the molecule is Cc1cc[n+](CCCCCc2cccc(CCCCC[n+]3ccc(C)cc3)c2)cc1.[Br-].[Br-]. The number of nitrogens with zero attached hydrogens (tertiary/aromatic N) is 2. The minimum Gasteiger partial charge on any atom is -1.00 e. The van der Waals surface area contributed by atoms with E-state index in [1.165, 1.54) is 73.6 Å². The van der Waals surface area contributed by atoms with Crippen LogP contribution in [0.15, 0.2) is 73.3 Å². The molecule has 174 valence electrons. The summed E-state index contributed by atoms with van der Waals surface area (Å²) in [5, 5.41) is 0. The number of unbranched alkanes of at least 4 members (excludes halogenated alkanes) is 4. The minimum atomic E-state index is 0. The molecule has 3 rings (SSSR count). The predicted octanol–water partition coefficient (Wildman–Crippen LogP) is -0.288. The Labute approximate surface area is 216 Å². The van der Waals surface area contributed by atoms with Crippen molar-refractivity contribution in [2.75, 3.05) is 0 Å². The van der Waals surface area contributed by atoms with Crippen molar-refractivity contribution in [2.45, 2.75) is 78.3 Å². The third-order valence-corrected chi connectivity index (χ3v) is 5.87. The van der Waals surface area contributed by atoms with E-state index >= 15 is 0 Å². The maximum absolute atomic E-state index is 2.43. The largest absolute Gasteiger partial charge is 1.00 e. The molecule has 3 aromatic rings. The first-order valence-corrected chi connectivity index (χ1v) is 11.7. The molecule has 0 fully saturated rings. The van der Waals surface area contributed by atoms with Crippen LogP contribution in [-0.4, -0.2) is 0 Å². The van der Waals surface area contributed by atoms with Gasteiger partial charge in [0, 0.05) is 37.1 Å². The lowest BCUT2D eigenvalue weighted by atomic mass is 10.0. The van der Waals surface area contributed by atoms with E-state index in [9.17, 15) is 0 Å². The zero-order chi connectivity index (χ0) is 21.0. The van der Waals surface area contributed by atoms with Crippen molar-refractivity contribution in [1.82, 2.24) is 0 Å². The van der Waals surface area contributed by atoms with E-state index in [-0.39, 0.29) is 34.0 Å². The lowest BCUT2D eigenvalue weighted by molar-refractivity contribution is -0.697. The van der Waals surface area contributed by atoms with Gasteiger partial charge in [0.15, 0.2) is 24.8 Å². The topological polar surface area (TPSA) is 7.76 Å². The van der Waals surface area contributed by atoms with Gasteiger partial charge in [0.1, 0.15) is 13.1 Å². The molecular weight excluding hydrogens is 524 g/mol. The number of benzene rings is 1. The van der Waals surface area contributed by atoms with Crippen LogP contribution in [0.1, 0.15) is 60.8 Å². The summed E-state index contributed by atoms with van der Waals surface area (Å²) in [4.78, 5) is 0. The van der Waals surface area contributed by atoms with Crippen molar-refractivity contribution < 1.29 is 43.1 Å². The van der Waals surface area contributed by atoms with Crippen molar-refractivity contribution in [1.29, 1.82) is 0 Å². The average molecular weight is 562 g/mol. The Hall–Kier alpha value is -1.52. The molecule has 0 spiro atoms. The van der Waals surface area contributed by atoms with Gasteiger partial charge in [0.2, 0.25) is 0 Å². The van der Waals surface area contributed by atoms with Gasteiger partial charge >= 0.3 is 0 Å². The standard InChI is InChI=1S/C28H38N2.2BrH/c1-25-14-20-29(21-15-25)18-7-3-5-10-27-12-9-13-28(24-27)11-6-4-8-19-30-22-16-26(2)17-23-30;;/h9,12-17,20-24H,3-8,10-11,18-19H2,1-2H3;2*1H/q+2;;/p-2. The fraction of sp³-hybridized carbons (Fsp3) is 0.429. The normalized spacial score (nSPS) is 10.3. The molecule has 0 bridgehead atoms. The van der Waals surface area contributed by atoms with Crippen molar-refractivity contribution in [2.24, 2.45) is 0 Å². The van der Waals surface area contributed by atoms with Crippen LogP contribution < -0.4 is 43.1 Å². The molecule has 32 heavy (non-hydrogen) atoms. The smallest absolute Gasteiger partial charge is 0.169 e. The molecule has 0 radical (unpaired) electrons.